The molecule has 0 aromatic rings. The lowest BCUT2D eigenvalue weighted by atomic mass is 10.1. The van der Waals surface area contributed by atoms with Crippen molar-refractivity contribution in [3.63, 3.8) is 0 Å². The van der Waals surface area contributed by atoms with E-state index >= 15 is 0 Å². The summed E-state index contributed by atoms with van der Waals surface area (Å²) in [7, 11) is -4.76. The monoisotopic (exact) mass is 874 g/mol. The van der Waals surface area contributed by atoms with Gasteiger partial charge in [-0.25, -0.2) is 4.57 Å². The van der Waals surface area contributed by atoms with Gasteiger partial charge in [0.1, 0.15) is 12.6 Å². The number of carboxylic acid groups (broad SMARTS) is 1. The maximum Gasteiger partial charge on any atom is 0.472 e. The molecule has 0 saturated heterocycles. The summed E-state index contributed by atoms with van der Waals surface area (Å²) in [6, 6.07) is -1.55. The number of allylic oxidation sites excluding steroid dienone is 16. The number of phosphoric acid groups is 1. The Morgan fingerprint density at radius 3 is 1.74 bits per heavy atom. The van der Waals surface area contributed by atoms with E-state index < -0.39 is 63.8 Å². The molecular formula is C48H76NO11P. The third kappa shape index (κ3) is 41.2. The van der Waals surface area contributed by atoms with Crippen LogP contribution >= 0.6 is 7.82 Å². The van der Waals surface area contributed by atoms with Crippen LogP contribution in [0.15, 0.2) is 109 Å². The van der Waals surface area contributed by atoms with E-state index in [4.69, 9.17) is 24.8 Å². The number of carbonyl (C=O) groups is 3. The molecule has 12 nitrogen and oxygen atoms in total. The zero-order valence-electron chi connectivity index (χ0n) is 36.8. The molecule has 0 aliphatic heterocycles. The fourth-order valence-electron chi connectivity index (χ4n) is 5.10. The third-order valence-corrected chi connectivity index (χ3v) is 9.54. The van der Waals surface area contributed by atoms with Crippen molar-refractivity contribution in [2.45, 2.75) is 154 Å². The van der Waals surface area contributed by atoms with Gasteiger partial charge in [-0.2, -0.15) is 0 Å². The van der Waals surface area contributed by atoms with E-state index in [1.54, 1.807) is 6.08 Å². The van der Waals surface area contributed by atoms with E-state index in [-0.39, 0.29) is 12.8 Å². The van der Waals surface area contributed by atoms with Crippen molar-refractivity contribution < 1.29 is 52.6 Å². The van der Waals surface area contributed by atoms with Crippen molar-refractivity contribution in [3.05, 3.63) is 109 Å². The average molecular weight is 874 g/mol. The minimum atomic E-state index is -4.76. The Morgan fingerprint density at radius 2 is 1.13 bits per heavy atom. The highest BCUT2D eigenvalue weighted by molar-refractivity contribution is 7.47. The highest BCUT2D eigenvalue weighted by Crippen LogP contribution is 2.43. The Balaban J connectivity index is 4.60. The normalized spacial score (nSPS) is 15.2. The largest absolute Gasteiger partial charge is 0.480 e. The molecule has 0 bridgehead atoms. The summed E-state index contributed by atoms with van der Waals surface area (Å²) in [5.74, 6) is -2.56. The molecule has 61 heavy (non-hydrogen) atoms. The standard InChI is InChI=1S/C48H76NO11P/c1-3-5-7-9-11-12-13-14-15-16-17-18-19-20-21-22-26-31-35-39-47(52)60-44(41-58-61(55,56)59-42-45(49)48(53)54)40-57-46(51)38-34-30-27-23-25-29-33-37-43(50)36-32-28-24-10-8-6-4-2/h5,7,11-12,14-15,17-18,20-21,23-24,27-29,32-33,36,43-45,50H,3-4,6,8-10,13,16,19,22,25-26,30-31,34-35,37-42,49H2,1-2H3,(H,53,54)(H,55,56)/b7-5-,12-11-,15-14-,18-17-,21-20-,27-23+,28-24-,33-29-,36-32-/t43-,44-,45+/m1/s1. The lowest BCUT2D eigenvalue weighted by Crippen LogP contribution is -2.34. The third-order valence-electron chi connectivity index (χ3n) is 8.59. The number of hydrogen-bond acceptors (Lipinski definition) is 10. The number of nitrogens with two attached hydrogens (primary N) is 1. The molecule has 0 spiro atoms. The molecule has 0 aliphatic carbocycles. The van der Waals surface area contributed by atoms with Gasteiger partial charge in [-0.05, 0) is 89.9 Å². The van der Waals surface area contributed by atoms with Crippen LogP contribution in [0.3, 0.4) is 0 Å². The molecule has 0 aliphatic rings. The fraction of sp³-hybridized carbons (Fsp3) is 0.562. The molecule has 0 rings (SSSR count). The summed E-state index contributed by atoms with van der Waals surface area (Å²) < 4.78 is 32.6. The molecule has 0 saturated carbocycles. The maximum absolute atomic E-state index is 12.6. The zero-order chi connectivity index (χ0) is 45.1. The van der Waals surface area contributed by atoms with Gasteiger partial charge < -0.3 is 30.3 Å². The van der Waals surface area contributed by atoms with Gasteiger partial charge in [-0.3, -0.25) is 23.4 Å². The Bertz CT molecular complexity index is 1460. The lowest BCUT2D eigenvalue weighted by molar-refractivity contribution is -0.161. The summed E-state index contributed by atoms with van der Waals surface area (Å²) in [5.41, 5.74) is 5.32. The first-order valence-corrected chi connectivity index (χ1v) is 23.5. The van der Waals surface area contributed by atoms with Crippen LogP contribution in [0.5, 0.6) is 0 Å². The average Bonchev–Trinajstić information content (AvgIpc) is 3.23. The lowest BCUT2D eigenvalue weighted by Gasteiger charge is -2.20. The second kappa shape index (κ2) is 41.5. The summed E-state index contributed by atoms with van der Waals surface area (Å²) in [6.45, 7) is 2.46. The number of unbranched alkanes of at least 4 members (excludes halogenated alkanes) is 7. The van der Waals surface area contributed by atoms with Crippen molar-refractivity contribution in [1.82, 2.24) is 0 Å². The maximum atomic E-state index is 12.6. The van der Waals surface area contributed by atoms with Crippen molar-refractivity contribution in [1.29, 1.82) is 0 Å². The zero-order valence-corrected chi connectivity index (χ0v) is 37.7. The van der Waals surface area contributed by atoms with Gasteiger partial charge in [0, 0.05) is 12.8 Å². The molecule has 0 amide bonds. The molecule has 0 radical (unpaired) electrons. The van der Waals surface area contributed by atoms with Crippen LogP contribution in [0.25, 0.3) is 0 Å². The first kappa shape index (κ1) is 57.1. The quantitative estimate of drug-likeness (QED) is 0.0150. The number of carbonyl (C=O) groups excluding carboxylic acids is 2. The van der Waals surface area contributed by atoms with Gasteiger partial charge in [0.05, 0.1) is 19.3 Å². The minimum absolute atomic E-state index is 0.0901. The molecule has 0 heterocycles. The van der Waals surface area contributed by atoms with Gasteiger partial charge in [-0.1, -0.05) is 142 Å². The van der Waals surface area contributed by atoms with Crippen molar-refractivity contribution in [2.75, 3.05) is 19.8 Å². The summed E-state index contributed by atoms with van der Waals surface area (Å²) >= 11 is 0. The number of aliphatic hydroxyl groups excluding tert-OH is 1. The smallest absolute Gasteiger partial charge is 0.472 e. The number of ether oxygens (including phenoxy) is 2. The minimum Gasteiger partial charge on any atom is -0.480 e. The second-order valence-corrected chi connectivity index (χ2v) is 15.7. The number of carboxylic acids is 1. The van der Waals surface area contributed by atoms with Crippen LogP contribution in [-0.2, 0) is 37.5 Å². The van der Waals surface area contributed by atoms with E-state index in [1.165, 1.54) is 19.3 Å². The molecule has 13 heteroatoms. The van der Waals surface area contributed by atoms with E-state index in [0.717, 1.165) is 57.8 Å². The second-order valence-electron chi connectivity index (χ2n) is 14.3. The first-order valence-electron chi connectivity index (χ1n) is 22.0. The van der Waals surface area contributed by atoms with E-state index in [0.29, 0.717) is 32.1 Å². The molecule has 4 atom stereocenters. The van der Waals surface area contributed by atoms with Crippen LogP contribution in [0, 0.1) is 0 Å². The van der Waals surface area contributed by atoms with Crippen molar-refractivity contribution in [3.8, 4) is 0 Å². The topological polar surface area (TPSA) is 192 Å². The number of esters is 2. The first-order chi connectivity index (χ1) is 29.5. The molecule has 1 unspecified atom stereocenters. The van der Waals surface area contributed by atoms with Gasteiger partial charge in [0.15, 0.2) is 6.10 Å². The van der Waals surface area contributed by atoms with Crippen molar-refractivity contribution in [2.24, 2.45) is 5.73 Å². The number of phosphoric ester groups is 1. The van der Waals surface area contributed by atoms with Gasteiger partial charge in [0.2, 0.25) is 0 Å². The predicted octanol–water partition coefficient (Wildman–Crippen LogP) is 10.8. The van der Waals surface area contributed by atoms with Crippen LogP contribution < -0.4 is 5.73 Å². The van der Waals surface area contributed by atoms with E-state index in [9.17, 15) is 28.9 Å². The Kier molecular flexibility index (Phi) is 38.8. The van der Waals surface area contributed by atoms with Gasteiger partial charge >= 0.3 is 25.7 Å². The highest BCUT2D eigenvalue weighted by Gasteiger charge is 2.28. The Hall–Kier alpha value is -3.90. The van der Waals surface area contributed by atoms with E-state index in [1.807, 2.05) is 36.5 Å². The number of hydrogen-bond donors (Lipinski definition) is 4. The summed E-state index contributed by atoms with van der Waals surface area (Å²) in [6.07, 6.45) is 50.4. The fourth-order valence-corrected chi connectivity index (χ4v) is 5.88. The Labute approximate surface area is 366 Å². The molecule has 0 aromatic heterocycles. The predicted molar refractivity (Wildman–Crippen MR) is 246 cm³/mol. The summed E-state index contributed by atoms with van der Waals surface area (Å²) in [5, 5.41) is 19.0. The number of aliphatic carboxylic acids is 1. The van der Waals surface area contributed by atoms with Crippen molar-refractivity contribution >= 4 is 25.7 Å². The molecular weight excluding hydrogens is 797 g/mol. The van der Waals surface area contributed by atoms with Crippen LogP contribution in [0.1, 0.15) is 136 Å². The molecule has 0 aromatic carbocycles. The van der Waals surface area contributed by atoms with Crippen LogP contribution in [0.2, 0.25) is 0 Å². The Morgan fingerprint density at radius 1 is 0.607 bits per heavy atom. The molecule has 5 N–H and O–H groups in total. The SMILES string of the molecule is CC/C=C\C/C=C\C/C=C\C/C=C\C/C=C\CCCCCC(=O)O[C@H](COC(=O)CCC/C=C/C/C=C\C[C@H](O)/C=C\C=C/CCCCC)COP(=O)(O)OC[C@H](N)C(=O)O. The molecule has 0 fully saturated rings. The molecule has 344 valence electrons. The number of aliphatic hydroxyl groups is 1. The number of rotatable bonds is 39. The van der Waals surface area contributed by atoms with E-state index in [2.05, 4.69) is 85.2 Å². The van der Waals surface area contributed by atoms with Crippen LogP contribution in [0.4, 0.5) is 0 Å². The van der Waals surface area contributed by atoms with Gasteiger partial charge in [-0.15, -0.1) is 0 Å². The summed E-state index contributed by atoms with van der Waals surface area (Å²) in [4.78, 5) is 46.0. The highest BCUT2D eigenvalue weighted by atomic mass is 31.2. The van der Waals surface area contributed by atoms with Gasteiger partial charge in [0.25, 0.3) is 0 Å². The van der Waals surface area contributed by atoms with Crippen LogP contribution in [-0.4, -0.2) is 71.1 Å².